The summed E-state index contributed by atoms with van der Waals surface area (Å²) < 4.78 is 1.89. The second-order valence-electron chi connectivity index (χ2n) is 5.43. The van der Waals surface area contributed by atoms with E-state index < -0.39 is 0 Å². The quantitative estimate of drug-likeness (QED) is 0.772. The fourth-order valence-electron chi connectivity index (χ4n) is 2.22. The van der Waals surface area contributed by atoms with Crippen molar-refractivity contribution in [2.45, 2.75) is 19.9 Å². The smallest absolute Gasteiger partial charge is 0.162 e. The summed E-state index contributed by atoms with van der Waals surface area (Å²) in [6.07, 6.45) is 11.4. The number of H-pyrrole nitrogens is 1. The van der Waals surface area contributed by atoms with Crippen molar-refractivity contribution < 1.29 is 0 Å². The highest BCUT2D eigenvalue weighted by Crippen LogP contribution is 2.26. The van der Waals surface area contributed by atoms with Gasteiger partial charge in [0, 0.05) is 17.8 Å². The van der Waals surface area contributed by atoms with Gasteiger partial charge in [0.05, 0.1) is 18.1 Å². The van der Waals surface area contributed by atoms with E-state index >= 15 is 0 Å². The molecule has 1 aliphatic rings. The number of nitrogens with one attached hydrogen (secondary N) is 2. The highest BCUT2D eigenvalue weighted by atomic mass is 15.3. The summed E-state index contributed by atoms with van der Waals surface area (Å²) in [5.41, 5.74) is 3.46. The molecule has 0 aliphatic heterocycles. The molecule has 0 spiro atoms. The highest BCUT2D eigenvalue weighted by molar-refractivity contribution is 5.89. The summed E-state index contributed by atoms with van der Waals surface area (Å²) in [5.74, 6) is 1.39. The summed E-state index contributed by atoms with van der Waals surface area (Å²) in [6.45, 7) is 4.17. The Balaban J connectivity index is 1.74. The van der Waals surface area contributed by atoms with E-state index in [2.05, 4.69) is 44.4 Å². The molecule has 0 unspecified atom stereocenters. The predicted octanol–water partition coefficient (Wildman–Crippen LogP) is 2.83. The standard InChI is InChI=1S/C15H15N7/c1-9(2)22-8-11(6-17-22)18-15-13-12(7-16-21-13)19-14(20-15)10-4-3-5-10/h3-9H,1-2H3,(H,16,21)(H,18,19,20). The first-order valence-electron chi connectivity index (χ1n) is 7.12. The van der Waals surface area contributed by atoms with E-state index in [-0.39, 0.29) is 0 Å². The van der Waals surface area contributed by atoms with Gasteiger partial charge in [-0.15, -0.1) is 0 Å². The Hall–Kier alpha value is -2.96. The molecule has 1 aliphatic carbocycles. The zero-order chi connectivity index (χ0) is 15.1. The van der Waals surface area contributed by atoms with Crippen LogP contribution in [0.25, 0.3) is 16.6 Å². The molecule has 0 bridgehead atoms. The Morgan fingerprint density at radius 2 is 2.09 bits per heavy atom. The van der Waals surface area contributed by atoms with Crippen LogP contribution in [-0.4, -0.2) is 29.9 Å². The molecule has 0 aromatic carbocycles. The molecule has 3 aromatic rings. The predicted molar refractivity (Wildman–Crippen MR) is 84.7 cm³/mol. The maximum absolute atomic E-state index is 4.59. The van der Waals surface area contributed by atoms with Crippen LogP contribution in [0.1, 0.15) is 25.7 Å². The Kier molecular flexibility index (Phi) is 2.78. The van der Waals surface area contributed by atoms with Gasteiger partial charge in [-0.3, -0.25) is 9.78 Å². The first kappa shape index (κ1) is 12.8. The molecule has 2 N–H and O–H groups in total. The van der Waals surface area contributed by atoms with E-state index in [1.165, 1.54) is 0 Å². The Morgan fingerprint density at radius 3 is 2.77 bits per heavy atom. The Labute approximate surface area is 126 Å². The first-order valence-corrected chi connectivity index (χ1v) is 7.12. The van der Waals surface area contributed by atoms with Crippen LogP contribution in [0.3, 0.4) is 0 Å². The molecular weight excluding hydrogens is 278 g/mol. The summed E-state index contributed by atoms with van der Waals surface area (Å²) in [6, 6.07) is 0.314. The molecule has 0 radical (unpaired) electrons. The first-order chi connectivity index (χ1) is 10.7. The topological polar surface area (TPSA) is 84.3 Å². The lowest BCUT2D eigenvalue weighted by atomic mass is 10.1. The highest BCUT2D eigenvalue weighted by Gasteiger charge is 2.14. The van der Waals surface area contributed by atoms with Gasteiger partial charge in [0.25, 0.3) is 0 Å². The van der Waals surface area contributed by atoms with Gasteiger partial charge in [0.15, 0.2) is 11.6 Å². The fourth-order valence-corrected chi connectivity index (χ4v) is 2.22. The molecule has 0 saturated heterocycles. The lowest BCUT2D eigenvalue weighted by molar-refractivity contribution is 0.532. The molecule has 3 heterocycles. The van der Waals surface area contributed by atoms with Gasteiger partial charge in [0.2, 0.25) is 0 Å². The lowest BCUT2D eigenvalue weighted by Crippen LogP contribution is -2.02. The minimum Gasteiger partial charge on any atom is -0.336 e. The molecule has 7 heteroatoms. The van der Waals surface area contributed by atoms with Crippen molar-refractivity contribution in [3.05, 3.63) is 42.6 Å². The van der Waals surface area contributed by atoms with Gasteiger partial charge in [-0.25, -0.2) is 9.97 Å². The van der Waals surface area contributed by atoms with Crippen LogP contribution in [0.15, 0.2) is 36.8 Å². The third kappa shape index (κ3) is 2.07. The van der Waals surface area contributed by atoms with Crippen molar-refractivity contribution in [2.75, 3.05) is 5.32 Å². The van der Waals surface area contributed by atoms with Crippen LogP contribution in [0.4, 0.5) is 11.5 Å². The minimum atomic E-state index is 0.314. The van der Waals surface area contributed by atoms with E-state index in [1.807, 2.05) is 29.1 Å². The number of fused-ring (bicyclic) bond motifs is 1. The zero-order valence-corrected chi connectivity index (χ0v) is 12.3. The average Bonchev–Trinajstić information content (AvgIpc) is 3.05. The number of rotatable bonds is 4. The van der Waals surface area contributed by atoms with Crippen molar-refractivity contribution in [3.8, 4) is 0 Å². The maximum atomic E-state index is 4.59. The zero-order valence-electron chi connectivity index (χ0n) is 12.3. The van der Waals surface area contributed by atoms with E-state index in [9.17, 15) is 0 Å². The molecule has 0 fully saturated rings. The third-order valence-electron chi connectivity index (χ3n) is 3.50. The number of hydrogen-bond donors (Lipinski definition) is 2. The van der Waals surface area contributed by atoms with Gasteiger partial charge in [0.1, 0.15) is 11.0 Å². The normalized spacial score (nSPS) is 13.5. The van der Waals surface area contributed by atoms with Crippen LogP contribution in [0, 0.1) is 0 Å². The van der Waals surface area contributed by atoms with E-state index in [0.717, 1.165) is 22.3 Å². The summed E-state index contributed by atoms with van der Waals surface area (Å²) >= 11 is 0. The van der Waals surface area contributed by atoms with Crippen LogP contribution < -0.4 is 5.32 Å². The summed E-state index contributed by atoms with van der Waals surface area (Å²) in [7, 11) is 0. The van der Waals surface area contributed by atoms with Gasteiger partial charge >= 0.3 is 0 Å². The number of allylic oxidation sites excluding steroid dienone is 4. The van der Waals surface area contributed by atoms with E-state index in [0.29, 0.717) is 17.7 Å². The van der Waals surface area contributed by atoms with Gasteiger partial charge in [-0.05, 0) is 13.8 Å². The van der Waals surface area contributed by atoms with Crippen molar-refractivity contribution in [1.82, 2.24) is 29.9 Å². The van der Waals surface area contributed by atoms with Crippen LogP contribution in [0.2, 0.25) is 0 Å². The number of nitrogens with zero attached hydrogens (tertiary/aromatic N) is 5. The molecule has 0 saturated carbocycles. The van der Waals surface area contributed by atoms with Gasteiger partial charge < -0.3 is 5.32 Å². The second-order valence-corrected chi connectivity index (χ2v) is 5.43. The summed E-state index contributed by atoms with van der Waals surface area (Å²) in [4.78, 5) is 9.10. The van der Waals surface area contributed by atoms with Crippen molar-refractivity contribution in [1.29, 1.82) is 0 Å². The molecule has 7 nitrogen and oxygen atoms in total. The molecule has 110 valence electrons. The number of anilines is 2. The molecule has 22 heavy (non-hydrogen) atoms. The number of aromatic nitrogens is 6. The minimum absolute atomic E-state index is 0.314. The van der Waals surface area contributed by atoms with E-state index in [4.69, 9.17) is 0 Å². The van der Waals surface area contributed by atoms with Gasteiger partial charge in [-0.1, -0.05) is 18.2 Å². The third-order valence-corrected chi connectivity index (χ3v) is 3.50. The molecule has 0 atom stereocenters. The Morgan fingerprint density at radius 1 is 1.23 bits per heavy atom. The van der Waals surface area contributed by atoms with Crippen LogP contribution in [-0.2, 0) is 0 Å². The largest absolute Gasteiger partial charge is 0.336 e. The summed E-state index contributed by atoms with van der Waals surface area (Å²) in [5, 5.41) is 14.6. The van der Waals surface area contributed by atoms with Crippen molar-refractivity contribution in [3.63, 3.8) is 0 Å². The van der Waals surface area contributed by atoms with Crippen molar-refractivity contribution in [2.24, 2.45) is 0 Å². The number of aromatic amines is 1. The monoisotopic (exact) mass is 293 g/mol. The van der Waals surface area contributed by atoms with Crippen LogP contribution in [0.5, 0.6) is 0 Å². The van der Waals surface area contributed by atoms with Crippen molar-refractivity contribution >= 4 is 28.1 Å². The SMILES string of the molecule is CC(C)n1cc(Nc2nc(C3=CC=C3)nc3cn[nH]c23)cn1. The van der Waals surface area contributed by atoms with E-state index in [1.54, 1.807) is 12.4 Å². The fraction of sp³-hybridized carbons (Fsp3) is 0.200. The van der Waals surface area contributed by atoms with Gasteiger partial charge in [-0.2, -0.15) is 10.2 Å². The average molecular weight is 293 g/mol. The number of hydrogen-bond acceptors (Lipinski definition) is 5. The lowest BCUT2D eigenvalue weighted by Gasteiger charge is -2.09. The molecule has 4 rings (SSSR count). The van der Waals surface area contributed by atoms with Crippen LogP contribution >= 0.6 is 0 Å². The molecule has 0 amide bonds. The maximum Gasteiger partial charge on any atom is 0.162 e. The molecule has 3 aromatic heterocycles. The Bertz CT molecular complexity index is 898. The second kappa shape index (κ2) is 4.80. The molecular formula is C15H15N7.